The third-order valence-corrected chi connectivity index (χ3v) is 6.31. The quantitative estimate of drug-likeness (QED) is 0.610. The number of hydrogen-bond acceptors (Lipinski definition) is 6. The lowest BCUT2D eigenvalue weighted by Gasteiger charge is -2.29. The van der Waals surface area contributed by atoms with Crippen LogP contribution in [-0.4, -0.2) is 54.0 Å². The Bertz CT molecular complexity index is 1090. The van der Waals surface area contributed by atoms with E-state index in [0.29, 0.717) is 29.5 Å². The topological polar surface area (TPSA) is 117 Å². The van der Waals surface area contributed by atoms with Crippen molar-refractivity contribution >= 4 is 44.8 Å². The highest BCUT2D eigenvalue weighted by atomic mass is 35.5. The molecule has 9 nitrogen and oxygen atoms in total. The molecule has 0 saturated carbocycles. The zero-order chi connectivity index (χ0) is 21.9. The largest absolute Gasteiger partial charge is 0.495 e. The van der Waals surface area contributed by atoms with Crippen molar-refractivity contribution in [2.45, 2.75) is 4.90 Å². The number of ether oxygens (including phenoxy) is 1. The number of carbonyl (C=O) groups is 2. The van der Waals surface area contributed by atoms with Crippen molar-refractivity contribution in [3.05, 3.63) is 47.0 Å². The molecule has 0 spiro atoms. The van der Waals surface area contributed by atoms with Gasteiger partial charge in [-0.1, -0.05) is 11.6 Å². The van der Waals surface area contributed by atoms with Crippen LogP contribution in [0.15, 0.2) is 41.3 Å². The third-order valence-electron chi connectivity index (χ3n) is 4.57. The standard InChI is InChI=1S/C19H21ClN4O5S/c1-21-30(27,28)17-9-12(3-6-16(17)29-2)19(26)23-13-4-5-15(14(20)10-13)24-8-7-22-18(25)11-24/h3-6,9-10,21H,7-8,11H2,1-2H3,(H,22,25)(H,23,26). The first kappa shape index (κ1) is 21.9. The summed E-state index contributed by atoms with van der Waals surface area (Å²) in [6.45, 7) is 1.37. The predicted octanol–water partition coefficient (Wildman–Crippen LogP) is 1.45. The number of nitrogens with one attached hydrogen (secondary N) is 3. The predicted molar refractivity (Wildman–Crippen MR) is 114 cm³/mol. The van der Waals surface area contributed by atoms with Gasteiger partial charge in [0.25, 0.3) is 5.91 Å². The summed E-state index contributed by atoms with van der Waals surface area (Å²) in [6, 6.07) is 9.09. The van der Waals surface area contributed by atoms with Crippen molar-refractivity contribution in [1.29, 1.82) is 0 Å². The van der Waals surface area contributed by atoms with E-state index in [4.69, 9.17) is 16.3 Å². The number of sulfonamides is 1. The van der Waals surface area contributed by atoms with E-state index in [1.807, 2.05) is 4.90 Å². The van der Waals surface area contributed by atoms with Gasteiger partial charge in [0.05, 0.1) is 24.4 Å². The van der Waals surface area contributed by atoms with E-state index in [1.54, 1.807) is 18.2 Å². The molecular weight excluding hydrogens is 432 g/mol. The molecule has 0 unspecified atom stereocenters. The van der Waals surface area contributed by atoms with E-state index in [-0.39, 0.29) is 28.7 Å². The monoisotopic (exact) mass is 452 g/mol. The molecule has 0 aliphatic carbocycles. The molecule has 1 aliphatic heterocycles. The minimum absolute atomic E-state index is 0.0819. The second-order valence-electron chi connectivity index (χ2n) is 6.47. The van der Waals surface area contributed by atoms with Gasteiger partial charge in [0.2, 0.25) is 15.9 Å². The van der Waals surface area contributed by atoms with Crippen LogP contribution in [0.5, 0.6) is 5.75 Å². The van der Waals surface area contributed by atoms with Gasteiger partial charge >= 0.3 is 0 Å². The number of anilines is 2. The molecule has 160 valence electrons. The summed E-state index contributed by atoms with van der Waals surface area (Å²) in [5, 5.41) is 5.83. The summed E-state index contributed by atoms with van der Waals surface area (Å²) in [6.07, 6.45) is 0. The molecule has 3 rings (SSSR count). The van der Waals surface area contributed by atoms with Gasteiger partial charge in [-0.2, -0.15) is 0 Å². The highest BCUT2D eigenvalue weighted by molar-refractivity contribution is 7.89. The fourth-order valence-electron chi connectivity index (χ4n) is 3.03. The van der Waals surface area contributed by atoms with E-state index in [0.717, 1.165) is 0 Å². The van der Waals surface area contributed by atoms with Crippen LogP contribution in [0.3, 0.4) is 0 Å². The molecule has 2 aromatic rings. The minimum Gasteiger partial charge on any atom is -0.495 e. The lowest BCUT2D eigenvalue weighted by atomic mass is 10.2. The van der Waals surface area contributed by atoms with Crippen LogP contribution in [0.4, 0.5) is 11.4 Å². The first-order valence-corrected chi connectivity index (χ1v) is 10.9. The molecule has 0 bridgehead atoms. The number of nitrogens with zero attached hydrogens (tertiary/aromatic N) is 1. The molecule has 1 saturated heterocycles. The van der Waals surface area contributed by atoms with Crippen molar-refractivity contribution in [2.24, 2.45) is 0 Å². The second kappa shape index (κ2) is 8.90. The molecule has 30 heavy (non-hydrogen) atoms. The number of benzene rings is 2. The van der Waals surface area contributed by atoms with Crippen LogP contribution in [0, 0.1) is 0 Å². The minimum atomic E-state index is -3.81. The Hall–Kier alpha value is -2.82. The Balaban J connectivity index is 1.82. The Morgan fingerprint density at radius 2 is 2.00 bits per heavy atom. The number of methoxy groups -OCH3 is 1. The Morgan fingerprint density at radius 1 is 1.23 bits per heavy atom. The first-order valence-electron chi connectivity index (χ1n) is 8.99. The van der Waals surface area contributed by atoms with Crippen molar-refractivity contribution in [1.82, 2.24) is 10.0 Å². The average molecular weight is 453 g/mol. The number of piperazine rings is 1. The van der Waals surface area contributed by atoms with Crippen LogP contribution in [0.2, 0.25) is 5.02 Å². The Kier molecular flexibility index (Phi) is 6.49. The van der Waals surface area contributed by atoms with E-state index >= 15 is 0 Å². The third kappa shape index (κ3) is 4.66. The molecule has 1 aliphatic rings. The molecule has 0 radical (unpaired) electrons. The fourth-order valence-corrected chi connectivity index (χ4v) is 4.24. The Morgan fingerprint density at radius 3 is 2.63 bits per heavy atom. The van der Waals surface area contributed by atoms with Gasteiger partial charge in [0, 0.05) is 24.3 Å². The molecule has 11 heteroatoms. The highest BCUT2D eigenvalue weighted by Crippen LogP contribution is 2.30. The van der Waals surface area contributed by atoms with Crippen molar-refractivity contribution in [3.63, 3.8) is 0 Å². The van der Waals surface area contributed by atoms with Gasteiger partial charge in [-0.05, 0) is 43.4 Å². The molecule has 1 heterocycles. The van der Waals surface area contributed by atoms with Crippen LogP contribution in [-0.2, 0) is 14.8 Å². The molecule has 3 N–H and O–H groups in total. The summed E-state index contributed by atoms with van der Waals surface area (Å²) >= 11 is 6.35. The Labute approximate surface area is 179 Å². The summed E-state index contributed by atoms with van der Waals surface area (Å²) in [4.78, 5) is 25.9. The molecule has 2 amide bonds. The van der Waals surface area contributed by atoms with Crippen LogP contribution >= 0.6 is 11.6 Å². The highest BCUT2D eigenvalue weighted by Gasteiger charge is 2.21. The smallest absolute Gasteiger partial charge is 0.255 e. The van der Waals surface area contributed by atoms with Gasteiger partial charge < -0.3 is 20.3 Å². The molecule has 1 fully saturated rings. The van der Waals surface area contributed by atoms with Crippen molar-refractivity contribution < 1.29 is 22.7 Å². The van der Waals surface area contributed by atoms with Crippen LogP contribution in [0.1, 0.15) is 10.4 Å². The zero-order valence-corrected chi connectivity index (χ0v) is 17.9. The lowest BCUT2D eigenvalue weighted by Crippen LogP contribution is -2.47. The summed E-state index contributed by atoms with van der Waals surface area (Å²) in [5.74, 6) is -0.466. The normalized spacial score (nSPS) is 14.2. The van der Waals surface area contributed by atoms with Crippen molar-refractivity contribution in [3.8, 4) is 5.75 Å². The molecular formula is C19H21ClN4O5S. The molecule has 2 aromatic carbocycles. The summed E-state index contributed by atoms with van der Waals surface area (Å²) in [5.41, 5.74) is 1.26. The number of rotatable bonds is 6. The van der Waals surface area contributed by atoms with Crippen LogP contribution in [0.25, 0.3) is 0 Å². The van der Waals surface area contributed by atoms with Gasteiger partial charge in [-0.25, -0.2) is 13.1 Å². The number of hydrogen-bond donors (Lipinski definition) is 3. The SMILES string of the molecule is CNS(=O)(=O)c1cc(C(=O)Nc2ccc(N3CCNC(=O)C3)c(Cl)c2)ccc1OC. The number of halogens is 1. The average Bonchev–Trinajstić information content (AvgIpc) is 2.73. The summed E-state index contributed by atoms with van der Waals surface area (Å²) < 4.78 is 31.7. The number of carbonyl (C=O) groups excluding carboxylic acids is 2. The molecule has 0 atom stereocenters. The first-order chi connectivity index (χ1) is 14.2. The molecule has 0 aromatic heterocycles. The van der Waals surface area contributed by atoms with Gasteiger partial charge in [-0.15, -0.1) is 0 Å². The van der Waals surface area contributed by atoms with E-state index in [9.17, 15) is 18.0 Å². The van der Waals surface area contributed by atoms with Gasteiger partial charge in [-0.3, -0.25) is 9.59 Å². The maximum Gasteiger partial charge on any atom is 0.255 e. The van der Waals surface area contributed by atoms with E-state index < -0.39 is 15.9 Å². The maximum atomic E-state index is 12.6. The van der Waals surface area contributed by atoms with E-state index in [1.165, 1.54) is 32.4 Å². The van der Waals surface area contributed by atoms with Gasteiger partial charge in [0.15, 0.2) is 0 Å². The van der Waals surface area contributed by atoms with Gasteiger partial charge in [0.1, 0.15) is 10.6 Å². The summed E-state index contributed by atoms with van der Waals surface area (Å²) in [7, 11) is -1.19. The lowest BCUT2D eigenvalue weighted by molar-refractivity contribution is -0.120. The van der Waals surface area contributed by atoms with Crippen molar-refractivity contribution in [2.75, 3.05) is 44.0 Å². The second-order valence-corrected chi connectivity index (χ2v) is 8.73. The number of amides is 2. The maximum absolute atomic E-state index is 12.6. The van der Waals surface area contributed by atoms with E-state index in [2.05, 4.69) is 15.4 Å². The zero-order valence-electron chi connectivity index (χ0n) is 16.4. The fraction of sp³-hybridized carbons (Fsp3) is 0.263. The van der Waals surface area contributed by atoms with Crippen LogP contribution < -0.4 is 25.0 Å².